The van der Waals surface area contributed by atoms with Crippen molar-refractivity contribution >= 4 is 78.6 Å². The molecule has 1 heterocycles. The van der Waals surface area contributed by atoms with Crippen LogP contribution in [-0.4, -0.2) is 18.1 Å². The summed E-state index contributed by atoms with van der Waals surface area (Å²) in [6.45, 7) is 6.80. The van der Waals surface area contributed by atoms with E-state index in [2.05, 4.69) is 91.3 Å². The van der Waals surface area contributed by atoms with E-state index in [0.29, 0.717) is 17.2 Å². The molecular weight excluding hydrogens is 618 g/mol. The Labute approximate surface area is 254 Å². The molecule has 4 aromatic carbocycles. The first-order valence-electron chi connectivity index (χ1n) is 13.2. The number of hydrogen-bond donors (Lipinski definition) is 2. The van der Waals surface area contributed by atoms with Crippen molar-refractivity contribution in [3.05, 3.63) is 107 Å². The van der Waals surface area contributed by atoms with Crippen LogP contribution in [0, 0.1) is 0 Å². The molecule has 0 amide bonds. The summed E-state index contributed by atoms with van der Waals surface area (Å²) in [6.07, 6.45) is 1.38. The van der Waals surface area contributed by atoms with Gasteiger partial charge in [0.05, 0.1) is 4.70 Å². The van der Waals surface area contributed by atoms with Gasteiger partial charge in [0.1, 0.15) is 11.3 Å². The van der Waals surface area contributed by atoms with E-state index in [4.69, 9.17) is 32.5 Å². The van der Waals surface area contributed by atoms with E-state index in [0.717, 1.165) is 38.5 Å². The van der Waals surface area contributed by atoms with E-state index in [9.17, 15) is 0 Å². The first-order valence-corrected chi connectivity index (χ1v) is 17.3. The number of nitrogen functional groups attached to an aromatic ring is 2. The molecule has 0 bridgehead atoms. The highest BCUT2D eigenvalue weighted by molar-refractivity contribution is 9.09. The quantitative estimate of drug-likeness (QED) is 0.103. The van der Waals surface area contributed by atoms with Crippen LogP contribution in [-0.2, 0) is 12.8 Å². The summed E-state index contributed by atoms with van der Waals surface area (Å²) >= 11 is 11.9. The number of benzene rings is 4. The highest BCUT2D eigenvalue weighted by Gasteiger charge is 2.52. The lowest BCUT2D eigenvalue weighted by molar-refractivity contribution is 0.506. The molecule has 0 saturated heterocycles. The van der Waals surface area contributed by atoms with Crippen LogP contribution in [0.3, 0.4) is 0 Å². The Bertz CT molecular complexity index is 1580. The van der Waals surface area contributed by atoms with E-state index in [1.54, 1.807) is 0 Å². The van der Waals surface area contributed by atoms with Gasteiger partial charge in [-0.25, -0.2) is 4.98 Å². The lowest BCUT2D eigenvalue weighted by Crippen LogP contribution is -2.69. The van der Waals surface area contributed by atoms with Crippen molar-refractivity contribution < 1.29 is 4.43 Å². The largest absolute Gasteiger partial charge is 0.532 e. The van der Waals surface area contributed by atoms with Gasteiger partial charge in [-0.2, -0.15) is 0 Å². The second kappa shape index (κ2) is 11.6. The number of anilines is 2. The number of hydrogen-bond acceptors (Lipinski definition) is 5. The highest BCUT2D eigenvalue weighted by atomic mass is 79.9. The Kier molecular flexibility index (Phi) is 8.29. The van der Waals surface area contributed by atoms with E-state index in [1.807, 2.05) is 36.4 Å². The molecule has 1 aromatic heterocycles. The Hall–Kier alpha value is -2.84. The highest BCUT2D eigenvalue weighted by Crippen LogP contribution is 2.44. The van der Waals surface area contributed by atoms with Crippen molar-refractivity contribution in [2.75, 3.05) is 11.5 Å². The number of nitrogens with two attached hydrogens (primary N) is 2. The monoisotopic (exact) mass is 649 g/mol. The minimum absolute atomic E-state index is 0.0737. The van der Waals surface area contributed by atoms with Crippen molar-refractivity contribution in [3.63, 3.8) is 0 Å². The Morgan fingerprint density at radius 2 is 1.48 bits per heavy atom. The predicted molar refractivity (Wildman–Crippen MR) is 178 cm³/mol. The summed E-state index contributed by atoms with van der Waals surface area (Å²) in [5.74, 6) is 0.723. The molecule has 0 spiro atoms. The number of alkyl halides is 1. The normalized spacial score (nSPS) is 12.9. The SMILES string of the molecule is CC(C)(C)[Si](Oc1c(CC(Br)Cc2ccccc2Cl)c(N)cc2sc(N)nc12)(c1ccccc1)c1ccccc1. The van der Waals surface area contributed by atoms with Gasteiger partial charge < -0.3 is 15.9 Å². The van der Waals surface area contributed by atoms with Crippen LogP contribution < -0.4 is 26.3 Å². The molecule has 8 heteroatoms. The molecule has 5 aromatic rings. The number of fused-ring (bicyclic) bond motifs is 1. The molecular formula is C32H33BrClN3OSSi. The molecule has 0 radical (unpaired) electrons. The Morgan fingerprint density at radius 1 is 0.900 bits per heavy atom. The van der Waals surface area contributed by atoms with Gasteiger partial charge in [-0.3, -0.25) is 0 Å². The van der Waals surface area contributed by atoms with Crippen molar-refractivity contribution in [2.45, 2.75) is 43.5 Å². The zero-order chi connectivity index (χ0) is 28.5. The summed E-state index contributed by atoms with van der Waals surface area (Å²) in [7, 11) is -2.95. The third-order valence-corrected chi connectivity index (χ3v) is 14.1. The molecule has 4 N–H and O–H groups in total. The molecule has 0 aliphatic rings. The van der Waals surface area contributed by atoms with Crippen molar-refractivity contribution in [2.24, 2.45) is 0 Å². The first kappa shape index (κ1) is 28.7. The van der Waals surface area contributed by atoms with Gasteiger partial charge in [0.25, 0.3) is 0 Å². The van der Waals surface area contributed by atoms with Gasteiger partial charge in [0.2, 0.25) is 0 Å². The van der Waals surface area contributed by atoms with E-state index >= 15 is 0 Å². The molecule has 206 valence electrons. The van der Waals surface area contributed by atoms with Crippen molar-refractivity contribution in [1.82, 2.24) is 4.98 Å². The zero-order valence-electron chi connectivity index (χ0n) is 22.8. The predicted octanol–water partition coefficient (Wildman–Crippen LogP) is 7.60. The van der Waals surface area contributed by atoms with Crippen LogP contribution in [0.5, 0.6) is 5.75 Å². The van der Waals surface area contributed by atoms with Gasteiger partial charge in [0.15, 0.2) is 5.13 Å². The molecule has 1 unspecified atom stereocenters. The molecule has 1 atom stereocenters. The summed E-state index contributed by atoms with van der Waals surface area (Å²) < 4.78 is 8.47. The fourth-order valence-electron chi connectivity index (χ4n) is 5.43. The maximum absolute atomic E-state index is 7.55. The summed E-state index contributed by atoms with van der Waals surface area (Å²) in [5, 5.41) is 3.39. The van der Waals surface area contributed by atoms with Crippen LogP contribution >= 0.6 is 38.9 Å². The smallest absolute Gasteiger partial charge is 0.320 e. The number of halogens is 2. The minimum Gasteiger partial charge on any atom is -0.532 e. The molecule has 0 saturated carbocycles. The van der Waals surface area contributed by atoms with Gasteiger partial charge in [-0.05, 0) is 45.9 Å². The van der Waals surface area contributed by atoms with Crippen LogP contribution in [0.1, 0.15) is 31.9 Å². The van der Waals surface area contributed by atoms with Gasteiger partial charge in [-0.15, -0.1) is 0 Å². The van der Waals surface area contributed by atoms with Crippen molar-refractivity contribution in [1.29, 1.82) is 0 Å². The minimum atomic E-state index is -2.95. The van der Waals surface area contributed by atoms with Crippen LogP contribution in [0.2, 0.25) is 10.1 Å². The van der Waals surface area contributed by atoms with Gasteiger partial charge in [-0.1, -0.05) is 139 Å². The van der Waals surface area contributed by atoms with Crippen LogP contribution in [0.25, 0.3) is 10.2 Å². The van der Waals surface area contributed by atoms with Crippen LogP contribution in [0.15, 0.2) is 91.0 Å². The van der Waals surface area contributed by atoms with Crippen molar-refractivity contribution in [3.8, 4) is 5.75 Å². The fraction of sp³-hybridized carbons (Fsp3) is 0.219. The summed E-state index contributed by atoms with van der Waals surface area (Å²) in [5.41, 5.74) is 16.5. The third-order valence-electron chi connectivity index (χ3n) is 7.29. The summed E-state index contributed by atoms with van der Waals surface area (Å²) in [4.78, 5) is 4.85. The lowest BCUT2D eigenvalue weighted by atomic mass is 10.0. The van der Waals surface area contributed by atoms with Gasteiger partial charge in [0, 0.05) is 21.1 Å². The fourth-order valence-corrected chi connectivity index (χ4v) is 11.6. The third kappa shape index (κ3) is 5.53. The lowest BCUT2D eigenvalue weighted by Gasteiger charge is -2.43. The molecule has 0 aliphatic carbocycles. The molecule has 0 aliphatic heterocycles. The zero-order valence-corrected chi connectivity index (χ0v) is 27.0. The van der Waals surface area contributed by atoms with Gasteiger partial charge >= 0.3 is 8.32 Å². The number of nitrogens with zero attached hydrogens (tertiary/aromatic N) is 1. The number of aromatic nitrogens is 1. The molecule has 4 nitrogen and oxygen atoms in total. The Balaban J connectivity index is 1.71. The van der Waals surface area contributed by atoms with E-state index in [-0.39, 0.29) is 9.87 Å². The topological polar surface area (TPSA) is 74.2 Å². The van der Waals surface area contributed by atoms with E-state index in [1.165, 1.54) is 21.7 Å². The standard InChI is InChI=1S/C32H33BrClN3OSSi/c1-32(2,3)40(23-13-6-4-7-14-23,24-15-8-5-9-16-24)38-30-25(27(35)20-28-29(30)37-31(36)39-28)19-22(33)18-21-12-10-11-17-26(21)34/h4-17,20,22H,18-19,35H2,1-3H3,(H2,36,37). The molecule has 40 heavy (non-hydrogen) atoms. The van der Waals surface area contributed by atoms with Crippen LogP contribution in [0.4, 0.5) is 10.8 Å². The number of thiazole rings is 1. The average Bonchev–Trinajstić information content (AvgIpc) is 3.30. The summed E-state index contributed by atoms with van der Waals surface area (Å²) in [6, 6.07) is 31.1. The second-order valence-corrected chi connectivity index (χ2v) is 18.0. The maximum Gasteiger partial charge on any atom is 0.320 e. The Morgan fingerprint density at radius 3 is 2.05 bits per heavy atom. The molecule has 0 fully saturated rings. The average molecular weight is 651 g/mol. The molecule has 5 rings (SSSR count). The first-order chi connectivity index (χ1) is 19.1. The van der Waals surface area contributed by atoms with E-state index < -0.39 is 8.32 Å². The maximum atomic E-state index is 7.55. The number of rotatable bonds is 8. The second-order valence-electron chi connectivity index (χ2n) is 11.0.